The third kappa shape index (κ3) is 4.01. The quantitative estimate of drug-likeness (QED) is 0.656. The van der Waals surface area contributed by atoms with E-state index in [-0.39, 0.29) is 18.4 Å². The van der Waals surface area contributed by atoms with E-state index in [9.17, 15) is 10.1 Å². The van der Waals surface area contributed by atoms with Crippen molar-refractivity contribution in [3.05, 3.63) is 39.9 Å². The van der Waals surface area contributed by atoms with Gasteiger partial charge in [-0.1, -0.05) is 12.1 Å². The second kappa shape index (κ2) is 6.63. The molecule has 1 aromatic carbocycles. The molecule has 0 bridgehead atoms. The lowest BCUT2D eigenvalue weighted by Gasteiger charge is -2.27. The van der Waals surface area contributed by atoms with E-state index in [4.69, 9.17) is 9.84 Å². The van der Waals surface area contributed by atoms with Gasteiger partial charge < -0.3 is 9.84 Å². The number of non-ortho nitro benzene ring substituents is 1. The van der Waals surface area contributed by atoms with Crippen molar-refractivity contribution in [3.63, 3.8) is 0 Å². The number of aliphatic hydroxyl groups excluding tert-OH is 1. The van der Waals surface area contributed by atoms with Crippen molar-refractivity contribution in [2.75, 3.05) is 6.61 Å². The van der Waals surface area contributed by atoms with E-state index in [0.717, 1.165) is 31.2 Å². The van der Waals surface area contributed by atoms with Crippen molar-refractivity contribution in [2.24, 2.45) is 5.92 Å². The van der Waals surface area contributed by atoms with E-state index in [2.05, 4.69) is 0 Å². The Balaban J connectivity index is 1.82. The van der Waals surface area contributed by atoms with Gasteiger partial charge in [-0.15, -0.1) is 0 Å². The molecule has 0 heterocycles. The van der Waals surface area contributed by atoms with Crippen LogP contribution in [-0.2, 0) is 11.3 Å². The fourth-order valence-corrected chi connectivity index (χ4v) is 2.45. The fraction of sp³-hybridized carbons (Fsp3) is 0.571. The first-order chi connectivity index (χ1) is 9.19. The van der Waals surface area contributed by atoms with Crippen LogP contribution in [0.15, 0.2) is 24.3 Å². The Labute approximate surface area is 112 Å². The summed E-state index contributed by atoms with van der Waals surface area (Å²) in [5.74, 6) is 0.415. The Morgan fingerprint density at radius 3 is 2.68 bits per heavy atom. The summed E-state index contributed by atoms with van der Waals surface area (Å²) in [6.07, 6.45) is 4.12. The summed E-state index contributed by atoms with van der Waals surface area (Å²) < 4.78 is 5.79. The molecule has 0 atom stereocenters. The molecule has 1 N–H and O–H groups in total. The Morgan fingerprint density at radius 1 is 1.32 bits per heavy atom. The average molecular weight is 265 g/mol. The Morgan fingerprint density at radius 2 is 2.05 bits per heavy atom. The number of rotatable bonds is 5. The zero-order chi connectivity index (χ0) is 13.7. The summed E-state index contributed by atoms with van der Waals surface area (Å²) in [4.78, 5) is 10.3. The maximum atomic E-state index is 10.7. The minimum absolute atomic E-state index is 0.102. The van der Waals surface area contributed by atoms with E-state index >= 15 is 0 Å². The largest absolute Gasteiger partial charge is 0.396 e. The standard InChI is InChI=1S/C14H19NO4/c16-9-11-4-6-14(7-5-11)19-10-12-2-1-3-13(8-12)15(17)18/h1-3,8,11,14,16H,4-7,9-10H2. The number of aliphatic hydroxyl groups is 1. The zero-order valence-electron chi connectivity index (χ0n) is 10.8. The van der Waals surface area contributed by atoms with Crippen LogP contribution in [0.25, 0.3) is 0 Å². The SMILES string of the molecule is O=[N+]([O-])c1cccc(COC2CCC(CO)CC2)c1. The van der Waals surface area contributed by atoms with Crippen LogP contribution in [-0.4, -0.2) is 22.7 Å². The molecule has 0 spiro atoms. The third-order valence-corrected chi connectivity index (χ3v) is 3.66. The third-order valence-electron chi connectivity index (χ3n) is 3.66. The Bertz CT molecular complexity index is 427. The van der Waals surface area contributed by atoms with Crippen LogP contribution in [0.2, 0.25) is 0 Å². The molecule has 2 rings (SSSR count). The van der Waals surface area contributed by atoms with Gasteiger partial charge in [-0.05, 0) is 37.2 Å². The topological polar surface area (TPSA) is 72.6 Å². The number of hydrogen-bond acceptors (Lipinski definition) is 4. The highest BCUT2D eigenvalue weighted by atomic mass is 16.6. The minimum Gasteiger partial charge on any atom is -0.396 e. The summed E-state index contributed by atoms with van der Waals surface area (Å²) in [5.41, 5.74) is 0.934. The number of benzene rings is 1. The normalized spacial score (nSPS) is 23.2. The second-order valence-electron chi connectivity index (χ2n) is 5.06. The summed E-state index contributed by atoms with van der Waals surface area (Å²) in [7, 11) is 0. The summed E-state index contributed by atoms with van der Waals surface area (Å²) in [5, 5.41) is 19.7. The van der Waals surface area contributed by atoms with Crippen molar-refractivity contribution in [3.8, 4) is 0 Å². The highest BCUT2D eigenvalue weighted by molar-refractivity contribution is 5.33. The first-order valence-electron chi connectivity index (χ1n) is 6.65. The highest BCUT2D eigenvalue weighted by Crippen LogP contribution is 2.26. The molecule has 0 saturated heterocycles. The summed E-state index contributed by atoms with van der Waals surface area (Å²) in [6.45, 7) is 0.674. The molecule has 0 aliphatic heterocycles. The van der Waals surface area contributed by atoms with Crippen LogP contribution >= 0.6 is 0 Å². The van der Waals surface area contributed by atoms with Gasteiger partial charge in [0.25, 0.3) is 5.69 Å². The zero-order valence-corrected chi connectivity index (χ0v) is 10.8. The average Bonchev–Trinajstić information content (AvgIpc) is 2.46. The van der Waals surface area contributed by atoms with Crippen LogP contribution < -0.4 is 0 Å². The minimum atomic E-state index is -0.393. The molecule has 104 valence electrons. The first kappa shape index (κ1) is 14.0. The van der Waals surface area contributed by atoms with E-state index in [0.29, 0.717) is 12.5 Å². The lowest BCUT2D eigenvalue weighted by Crippen LogP contribution is -2.23. The fourth-order valence-electron chi connectivity index (χ4n) is 2.45. The van der Waals surface area contributed by atoms with Gasteiger partial charge in [-0.25, -0.2) is 0 Å². The molecule has 0 unspecified atom stereocenters. The van der Waals surface area contributed by atoms with Gasteiger partial charge in [-0.2, -0.15) is 0 Å². The van der Waals surface area contributed by atoms with E-state index in [1.165, 1.54) is 6.07 Å². The monoisotopic (exact) mass is 265 g/mol. The molecule has 1 saturated carbocycles. The van der Waals surface area contributed by atoms with Gasteiger partial charge in [0.2, 0.25) is 0 Å². The number of nitro benzene ring substituents is 1. The van der Waals surface area contributed by atoms with Crippen LogP contribution in [0.4, 0.5) is 5.69 Å². The molecule has 1 aromatic rings. The Kier molecular flexibility index (Phi) is 4.87. The summed E-state index contributed by atoms with van der Waals surface area (Å²) >= 11 is 0. The lowest BCUT2D eigenvalue weighted by atomic mass is 9.88. The van der Waals surface area contributed by atoms with Crippen LogP contribution in [0.3, 0.4) is 0 Å². The van der Waals surface area contributed by atoms with Crippen molar-refractivity contribution in [2.45, 2.75) is 38.4 Å². The Hall–Kier alpha value is -1.46. The van der Waals surface area contributed by atoms with Gasteiger partial charge in [-0.3, -0.25) is 10.1 Å². The van der Waals surface area contributed by atoms with E-state index in [1.54, 1.807) is 12.1 Å². The van der Waals surface area contributed by atoms with Crippen molar-refractivity contribution >= 4 is 5.69 Å². The number of hydrogen-bond donors (Lipinski definition) is 1. The molecule has 19 heavy (non-hydrogen) atoms. The number of nitrogens with zero attached hydrogens (tertiary/aromatic N) is 1. The second-order valence-corrected chi connectivity index (χ2v) is 5.06. The van der Waals surface area contributed by atoms with Gasteiger partial charge in [0.05, 0.1) is 17.6 Å². The van der Waals surface area contributed by atoms with Crippen molar-refractivity contribution < 1.29 is 14.8 Å². The number of nitro groups is 1. The molecule has 1 aliphatic carbocycles. The maximum Gasteiger partial charge on any atom is 0.269 e. The predicted octanol–water partition coefficient (Wildman–Crippen LogP) is 2.66. The molecule has 5 heteroatoms. The van der Waals surface area contributed by atoms with Gasteiger partial charge in [0, 0.05) is 18.7 Å². The molecule has 5 nitrogen and oxygen atoms in total. The predicted molar refractivity (Wildman–Crippen MR) is 70.7 cm³/mol. The first-order valence-corrected chi connectivity index (χ1v) is 6.65. The molecule has 0 amide bonds. The highest BCUT2D eigenvalue weighted by Gasteiger charge is 2.21. The van der Waals surface area contributed by atoms with Gasteiger partial charge >= 0.3 is 0 Å². The molecule has 1 fully saturated rings. The smallest absolute Gasteiger partial charge is 0.269 e. The lowest BCUT2D eigenvalue weighted by molar-refractivity contribution is -0.385. The van der Waals surface area contributed by atoms with Crippen molar-refractivity contribution in [1.29, 1.82) is 0 Å². The van der Waals surface area contributed by atoms with Crippen LogP contribution in [0, 0.1) is 16.0 Å². The molecular weight excluding hydrogens is 246 g/mol. The van der Waals surface area contributed by atoms with Gasteiger partial charge in [0.1, 0.15) is 0 Å². The molecule has 0 aromatic heterocycles. The van der Waals surface area contributed by atoms with E-state index in [1.807, 2.05) is 6.07 Å². The van der Waals surface area contributed by atoms with Crippen LogP contribution in [0.1, 0.15) is 31.2 Å². The summed E-state index contributed by atoms with van der Waals surface area (Å²) in [6, 6.07) is 6.56. The van der Waals surface area contributed by atoms with Crippen LogP contribution in [0.5, 0.6) is 0 Å². The molecule has 1 aliphatic rings. The number of ether oxygens (including phenoxy) is 1. The van der Waals surface area contributed by atoms with Crippen molar-refractivity contribution in [1.82, 2.24) is 0 Å². The van der Waals surface area contributed by atoms with Gasteiger partial charge in [0.15, 0.2) is 0 Å². The van der Waals surface area contributed by atoms with E-state index < -0.39 is 4.92 Å². The molecule has 0 radical (unpaired) electrons. The maximum absolute atomic E-state index is 10.7. The molecular formula is C14H19NO4.